The Morgan fingerprint density at radius 3 is 2.58 bits per heavy atom. The number of primary amides is 1. The number of nitrogens with one attached hydrogen (secondary N) is 1. The Morgan fingerprint density at radius 2 is 1.96 bits per heavy atom. The molecule has 0 saturated heterocycles. The molecule has 0 unspecified atom stereocenters. The van der Waals surface area contributed by atoms with Gasteiger partial charge in [-0.2, -0.15) is 0 Å². The van der Waals surface area contributed by atoms with Crippen LogP contribution < -0.4 is 11.1 Å². The number of hydrogen-bond donors (Lipinski definition) is 2. The van der Waals surface area contributed by atoms with Crippen LogP contribution in [0.15, 0.2) is 29.4 Å². The number of aromatic nitrogens is 3. The molecular formula is C16H21N5O2S. The second-order valence-electron chi connectivity index (χ2n) is 5.31. The first-order chi connectivity index (χ1) is 11.5. The summed E-state index contributed by atoms with van der Waals surface area (Å²) >= 11 is 1.32. The van der Waals surface area contributed by atoms with Crippen molar-refractivity contribution in [3.63, 3.8) is 0 Å². The smallest absolute Gasteiger partial charge is 0.234 e. The molecule has 0 saturated carbocycles. The molecule has 0 aliphatic heterocycles. The molecule has 0 aliphatic carbocycles. The molecule has 2 aromatic rings. The van der Waals surface area contributed by atoms with Gasteiger partial charge in [0.15, 0.2) is 5.16 Å². The van der Waals surface area contributed by atoms with Gasteiger partial charge in [0, 0.05) is 25.1 Å². The number of aryl methyl sites for hydroxylation is 2. The first kappa shape index (κ1) is 18.0. The van der Waals surface area contributed by atoms with Gasteiger partial charge in [-0.25, -0.2) is 0 Å². The highest BCUT2D eigenvalue weighted by Crippen LogP contribution is 2.18. The van der Waals surface area contributed by atoms with Crippen molar-refractivity contribution in [1.29, 1.82) is 0 Å². The molecule has 1 aromatic carbocycles. The van der Waals surface area contributed by atoms with Gasteiger partial charge in [0.05, 0.1) is 5.75 Å². The number of rotatable bonds is 8. The van der Waals surface area contributed by atoms with Gasteiger partial charge >= 0.3 is 0 Å². The number of nitrogens with zero attached hydrogens (tertiary/aromatic N) is 3. The summed E-state index contributed by atoms with van der Waals surface area (Å²) in [6, 6.07) is 7.63. The highest BCUT2D eigenvalue weighted by Gasteiger charge is 2.13. The average molecular weight is 347 g/mol. The summed E-state index contributed by atoms with van der Waals surface area (Å²) in [6.07, 6.45) is 0.684. The molecule has 0 fully saturated rings. The highest BCUT2D eigenvalue weighted by atomic mass is 32.2. The van der Waals surface area contributed by atoms with E-state index in [1.165, 1.54) is 11.8 Å². The monoisotopic (exact) mass is 347 g/mol. The summed E-state index contributed by atoms with van der Waals surface area (Å²) in [5.74, 6) is 0.472. The quantitative estimate of drug-likeness (QED) is 0.708. The molecular weight excluding hydrogens is 326 g/mol. The summed E-state index contributed by atoms with van der Waals surface area (Å²) in [6.45, 7) is 4.63. The predicted molar refractivity (Wildman–Crippen MR) is 93.7 cm³/mol. The molecule has 3 N–H and O–H groups in total. The number of carbonyl (C=O) groups is 2. The SMILES string of the molecule is CCn1c(CCC(N)=O)nnc1SCC(=O)Nc1ccc(C)cc1. The molecule has 0 spiro atoms. The van der Waals surface area contributed by atoms with Gasteiger partial charge in [0.1, 0.15) is 5.82 Å². The molecule has 24 heavy (non-hydrogen) atoms. The minimum atomic E-state index is -0.368. The standard InChI is InChI=1S/C16H21N5O2S/c1-3-21-14(9-8-13(17)22)19-20-16(21)24-10-15(23)18-12-6-4-11(2)5-7-12/h4-7H,3,8-10H2,1-2H3,(H2,17,22)(H,18,23). The second kappa shape index (κ2) is 8.49. The Hall–Kier alpha value is -2.35. The van der Waals surface area contributed by atoms with Crippen molar-refractivity contribution >= 4 is 29.3 Å². The molecule has 2 rings (SSSR count). The molecule has 2 amide bonds. The van der Waals surface area contributed by atoms with Crippen LogP contribution in [0, 0.1) is 6.92 Å². The van der Waals surface area contributed by atoms with E-state index in [0.717, 1.165) is 11.3 Å². The summed E-state index contributed by atoms with van der Waals surface area (Å²) in [5, 5.41) is 11.7. The van der Waals surface area contributed by atoms with E-state index in [0.29, 0.717) is 23.9 Å². The van der Waals surface area contributed by atoms with Crippen LogP contribution in [0.2, 0.25) is 0 Å². The van der Waals surface area contributed by atoms with Crippen LogP contribution in [-0.4, -0.2) is 32.3 Å². The normalized spacial score (nSPS) is 10.6. The number of benzene rings is 1. The van der Waals surface area contributed by atoms with Crippen molar-refractivity contribution in [2.75, 3.05) is 11.1 Å². The Morgan fingerprint density at radius 1 is 1.25 bits per heavy atom. The van der Waals surface area contributed by atoms with Gasteiger partial charge < -0.3 is 15.6 Å². The van der Waals surface area contributed by atoms with Crippen LogP contribution in [0.3, 0.4) is 0 Å². The van der Waals surface area contributed by atoms with Gasteiger partial charge in [-0.3, -0.25) is 9.59 Å². The van der Waals surface area contributed by atoms with Crippen molar-refractivity contribution in [3.8, 4) is 0 Å². The summed E-state index contributed by atoms with van der Waals surface area (Å²) in [7, 11) is 0. The molecule has 0 atom stereocenters. The minimum Gasteiger partial charge on any atom is -0.370 e. The summed E-state index contributed by atoms with van der Waals surface area (Å²) < 4.78 is 1.90. The number of anilines is 1. The number of hydrogen-bond acceptors (Lipinski definition) is 5. The van der Waals surface area contributed by atoms with E-state index in [-0.39, 0.29) is 24.0 Å². The van der Waals surface area contributed by atoms with E-state index in [9.17, 15) is 9.59 Å². The molecule has 7 nitrogen and oxygen atoms in total. The van der Waals surface area contributed by atoms with Crippen molar-refractivity contribution in [2.24, 2.45) is 5.73 Å². The van der Waals surface area contributed by atoms with Crippen LogP contribution in [0.1, 0.15) is 24.7 Å². The van der Waals surface area contributed by atoms with Crippen LogP contribution in [-0.2, 0) is 22.6 Å². The number of amides is 2. The lowest BCUT2D eigenvalue weighted by Gasteiger charge is -2.07. The minimum absolute atomic E-state index is 0.104. The first-order valence-electron chi connectivity index (χ1n) is 7.69. The molecule has 128 valence electrons. The van der Waals surface area contributed by atoms with Crippen LogP contribution >= 0.6 is 11.8 Å². The van der Waals surface area contributed by atoms with E-state index in [2.05, 4.69) is 15.5 Å². The van der Waals surface area contributed by atoms with Gasteiger partial charge in [-0.15, -0.1) is 10.2 Å². The molecule has 1 heterocycles. The molecule has 0 radical (unpaired) electrons. The van der Waals surface area contributed by atoms with Crippen molar-refractivity contribution < 1.29 is 9.59 Å². The van der Waals surface area contributed by atoms with Crippen molar-refractivity contribution in [1.82, 2.24) is 14.8 Å². The fourth-order valence-electron chi connectivity index (χ4n) is 2.13. The van der Waals surface area contributed by atoms with Gasteiger partial charge in [-0.05, 0) is 26.0 Å². The predicted octanol–water partition coefficient (Wildman–Crippen LogP) is 1.76. The van der Waals surface area contributed by atoms with E-state index in [1.54, 1.807) is 0 Å². The summed E-state index contributed by atoms with van der Waals surface area (Å²) in [5.41, 5.74) is 7.07. The molecule has 1 aromatic heterocycles. The fraction of sp³-hybridized carbons (Fsp3) is 0.375. The number of nitrogens with two attached hydrogens (primary N) is 1. The highest BCUT2D eigenvalue weighted by molar-refractivity contribution is 7.99. The Labute approximate surface area is 145 Å². The van der Waals surface area contributed by atoms with E-state index in [1.807, 2.05) is 42.7 Å². The molecule has 0 aliphatic rings. The van der Waals surface area contributed by atoms with Gasteiger partial charge in [-0.1, -0.05) is 29.5 Å². The van der Waals surface area contributed by atoms with Crippen LogP contribution in [0.4, 0.5) is 5.69 Å². The zero-order valence-corrected chi connectivity index (χ0v) is 14.6. The maximum absolute atomic E-state index is 12.0. The average Bonchev–Trinajstić information content (AvgIpc) is 2.95. The molecule has 0 bridgehead atoms. The van der Waals surface area contributed by atoms with Crippen LogP contribution in [0.5, 0.6) is 0 Å². The van der Waals surface area contributed by atoms with E-state index >= 15 is 0 Å². The zero-order chi connectivity index (χ0) is 17.5. The lowest BCUT2D eigenvalue weighted by molar-refractivity contribution is -0.118. The first-order valence-corrected chi connectivity index (χ1v) is 8.68. The maximum atomic E-state index is 12.0. The third-order valence-electron chi connectivity index (χ3n) is 3.37. The van der Waals surface area contributed by atoms with E-state index < -0.39 is 0 Å². The maximum Gasteiger partial charge on any atom is 0.234 e. The Bertz CT molecular complexity index is 712. The summed E-state index contributed by atoms with van der Waals surface area (Å²) in [4.78, 5) is 22.9. The second-order valence-corrected chi connectivity index (χ2v) is 6.25. The Balaban J connectivity index is 1.92. The van der Waals surface area contributed by atoms with Gasteiger partial charge in [0.2, 0.25) is 11.8 Å². The fourth-order valence-corrected chi connectivity index (χ4v) is 2.95. The van der Waals surface area contributed by atoms with Gasteiger partial charge in [0.25, 0.3) is 0 Å². The van der Waals surface area contributed by atoms with Crippen molar-refractivity contribution in [3.05, 3.63) is 35.7 Å². The zero-order valence-electron chi connectivity index (χ0n) is 13.8. The Kier molecular flexibility index (Phi) is 6.36. The van der Waals surface area contributed by atoms with E-state index in [4.69, 9.17) is 5.73 Å². The topological polar surface area (TPSA) is 103 Å². The van der Waals surface area contributed by atoms with Crippen LogP contribution in [0.25, 0.3) is 0 Å². The largest absolute Gasteiger partial charge is 0.370 e. The lowest BCUT2D eigenvalue weighted by Crippen LogP contribution is -2.15. The van der Waals surface area contributed by atoms with Crippen molar-refractivity contribution in [2.45, 2.75) is 38.4 Å². The number of thioether (sulfide) groups is 1. The molecule has 8 heteroatoms. The lowest BCUT2D eigenvalue weighted by atomic mass is 10.2. The third kappa shape index (κ3) is 5.09. The third-order valence-corrected chi connectivity index (χ3v) is 4.34. The number of carbonyl (C=O) groups excluding carboxylic acids is 2.